The molecule has 1 N–H and O–H groups in total. The quantitative estimate of drug-likeness (QED) is 0.901. The Morgan fingerprint density at radius 1 is 1.56 bits per heavy atom. The van der Waals surface area contributed by atoms with Gasteiger partial charge in [0, 0.05) is 11.2 Å². The van der Waals surface area contributed by atoms with Crippen LogP contribution in [0.5, 0.6) is 0 Å². The lowest BCUT2D eigenvalue weighted by molar-refractivity contribution is 0.0955. The molecule has 0 aliphatic heterocycles. The summed E-state index contributed by atoms with van der Waals surface area (Å²) in [5.74, 6) is 0.226. The predicted molar refractivity (Wildman–Crippen MR) is 67.5 cm³/mol. The van der Waals surface area contributed by atoms with E-state index in [2.05, 4.69) is 27.0 Å². The third-order valence-corrected chi connectivity index (χ3v) is 2.56. The number of rotatable bonds is 4. The number of amides is 1. The Bertz CT molecular complexity index is 606. The topological polar surface area (TPSA) is 72.2 Å². The number of carbonyl (C=O) groups is 1. The minimum atomic E-state index is -0.251. The highest BCUT2D eigenvalue weighted by atomic mass is 35.5. The zero-order chi connectivity index (χ0) is 13.1. The van der Waals surface area contributed by atoms with Crippen LogP contribution in [0.15, 0.2) is 24.1 Å². The van der Waals surface area contributed by atoms with Gasteiger partial charge in [-0.15, -0.1) is 0 Å². The normalized spacial score (nSPS) is 10.6. The van der Waals surface area contributed by atoms with Crippen LogP contribution in [0.1, 0.15) is 23.0 Å². The lowest BCUT2D eigenvalue weighted by atomic mass is 10.2. The first-order valence-electron chi connectivity index (χ1n) is 5.42. The molecule has 18 heavy (non-hydrogen) atoms. The van der Waals surface area contributed by atoms with Crippen LogP contribution in [-0.4, -0.2) is 32.0 Å². The Labute approximate surface area is 109 Å². The van der Waals surface area contributed by atoms with Gasteiger partial charge in [0.25, 0.3) is 11.7 Å². The van der Waals surface area contributed by atoms with Crippen molar-refractivity contribution in [2.45, 2.75) is 13.3 Å². The van der Waals surface area contributed by atoms with Crippen LogP contribution < -0.4 is 5.32 Å². The number of nitrogens with zero attached hydrogens (tertiary/aromatic N) is 4. The van der Waals surface area contributed by atoms with E-state index < -0.39 is 0 Å². The second kappa shape index (κ2) is 5.14. The molecular formula is C11H12ClN5O. The molecule has 0 radical (unpaired) electrons. The maximum absolute atomic E-state index is 12.0. The van der Waals surface area contributed by atoms with Crippen molar-refractivity contribution in [1.29, 1.82) is 0 Å². The average Bonchev–Trinajstić information content (AvgIpc) is 2.82. The predicted octanol–water partition coefficient (Wildman–Crippen LogP) is 1.17. The van der Waals surface area contributed by atoms with Gasteiger partial charge in [-0.25, -0.2) is 9.50 Å². The van der Waals surface area contributed by atoms with E-state index in [9.17, 15) is 4.79 Å². The van der Waals surface area contributed by atoms with Crippen molar-refractivity contribution in [2.24, 2.45) is 0 Å². The Kier molecular flexibility index (Phi) is 3.57. The van der Waals surface area contributed by atoms with Crippen molar-refractivity contribution in [3.8, 4) is 0 Å². The van der Waals surface area contributed by atoms with E-state index in [-0.39, 0.29) is 12.5 Å². The smallest absolute Gasteiger partial charge is 0.255 e. The minimum absolute atomic E-state index is 0.221. The number of fused-ring (bicyclic) bond motifs is 1. The molecular weight excluding hydrogens is 254 g/mol. The monoisotopic (exact) mass is 265 g/mol. The molecule has 0 spiro atoms. The molecule has 0 aliphatic rings. The number of aryl methyl sites for hydroxylation is 1. The lowest BCUT2D eigenvalue weighted by Gasteiger charge is -2.08. The van der Waals surface area contributed by atoms with Gasteiger partial charge < -0.3 is 5.32 Å². The zero-order valence-corrected chi connectivity index (χ0v) is 10.6. The maximum Gasteiger partial charge on any atom is 0.255 e. The third kappa shape index (κ3) is 2.33. The standard InChI is InChI=1S/C11H12ClN5O/c1-3-9-8(10(18)13-4-7(2)12)5-14-11-15-6-16-17(9)11/h5-6H,2-4H2,1H3,(H,13,18). The molecule has 7 heteroatoms. The number of aromatic nitrogens is 4. The van der Waals surface area contributed by atoms with Crippen molar-refractivity contribution in [2.75, 3.05) is 6.54 Å². The molecule has 0 fully saturated rings. The second-order valence-corrected chi connectivity index (χ2v) is 4.18. The van der Waals surface area contributed by atoms with Crippen molar-refractivity contribution in [1.82, 2.24) is 24.9 Å². The molecule has 0 saturated carbocycles. The molecule has 1 amide bonds. The number of halogens is 1. The van der Waals surface area contributed by atoms with Gasteiger partial charge in [-0.3, -0.25) is 4.79 Å². The SMILES string of the molecule is C=C(Cl)CNC(=O)c1cnc2ncnn2c1CC. The van der Waals surface area contributed by atoms with Crippen LogP contribution in [0.4, 0.5) is 0 Å². The van der Waals surface area contributed by atoms with E-state index in [1.165, 1.54) is 12.5 Å². The summed E-state index contributed by atoms with van der Waals surface area (Å²) in [4.78, 5) is 20.0. The van der Waals surface area contributed by atoms with Gasteiger partial charge in [0.2, 0.25) is 0 Å². The number of carbonyl (C=O) groups excluding carboxylic acids is 1. The fourth-order valence-electron chi connectivity index (χ4n) is 1.63. The Morgan fingerprint density at radius 3 is 3.00 bits per heavy atom. The van der Waals surface area contributed by atoms with E-state index >= 15 is 0 Å². The summed E-state index contributed by atoms with van der Waals surface area (Å²) in [6, 6.07) is 0. The summed E-state index contributed by atoms with van der Waals surface area (Å²) >= 11 is 5.61. The maximum atomic E-state index is 12.0. The zero-order valence-electron chi connectivity index (χ0n) is 9.85. The minimum Gasteiger partial charge on any atom is -0.347 e. The highest BCUT2D eigenvalue weighted by Crippen LogP contribution is 2.10. The van der Waals surface area contributed by atoms with Gasteiger partial charge in [-0.1, -0.05) is 25.1 Å². The van der Waals surface area contributed by atoms with Crippen molar-refractivity contribution < 1.29 is 4.79 Å². The molecule has 0 bridgehead atoms. The lowest BCUT2D eigenvalue weighted by Crippen LogP contribution is -2.26. The van der Waals surface area contributed by atoms with Crippen molar-refractivity contribution in [3.63, 3.8) is 0 Å². The Hall–Kier alpha value is -1.95. The molecule has 0 atom stereocenters. The average molecular weight is 266 g/mol. The second-order valence-electron chi connectivity index (χ2n) is 3.64. The highest BCUT2D eigenvalue weighted by Gasteiger charge is 2.15. The van der Waals surface area contributed by atoms with Gasteiger partial charge >= 0.3 is 0 Å². The highest BCUT2D eigenvalue weighted by molar-refractivity contribution is 6.29. The van der Waals surface area contributed by atoms with Crippen LogP contribution in [0.3, 0.4) is 0 Å². The number of hydrogen-bond donors (Lipinski definition) is 1. The first-order chi connectivity index (χ1) is 8.63. The molecule has 6 nitrogen and oxygen atoms in total. The summed E-state index contributed by atoms with van der Waals surface area (Å²) in [5, 5.41) is 7.08. The molecule has 2 aromatic heterocycles. The van der Waals surface area contributed by atoms with Crippen molar-refractivity contribution in [3.05, 3.63) is 35.4 Å². The summed E-state index contributed by atoms with van der Waals surface area (Å²) in [5.41, 5.74) is 1.23. The van der Waals surface area contributed by atoms with E-state index in [1.54, 1.807) is 4.52 Å². The van der Waals surface area contributed by atoms with Crippen LogP contribution in [0.25, 0.3) is 5.78 Å². The van der Waals surface area contributed by atoms with Gasteiger partial charge in [0.05, 0.1) is 17.8 Å². The van der Waals surface area contributed by atoms with Crippen LogP contribution >= 0.6 is 11.6 Å². The first kappa shape index (κ1) is 12.5. The van der Waals surface area contributed by atoms with Crippen LogP contribution in [-0.2, 0) is 6.42 Å². The summed E-state index contributed by atoms with van der Waals surface area (Å²) in [7, 11) is 0. The molecule has 0 unspecified atom stereocenters. The molecule has 2 rings (SSSR count). The summed E-state index contributed by atoms with van der Waals surface area (Å²) in [6.07, 6.45) is 3.55. The number of nitrogens with one attached hydrogen (secondary N) is 1. The fraction of sp³-hybridized carbons (Fsp3) is 0.273. The molecule has 94 valence electrons. The van der Waals surface area contributed by atoms with Gasteiger partial charge in [-0.05, 0) is 6.42 Å². The third-order valence-electron chi connectivity index (χ3n) is 2.43. The van der Waals surface area contributed by atoms with Gasteiger partial charge in [0.1, 0.15) is 6.33 Å². The first-order valence-corrected chi connectivity index (χ1v) is 5.80. The Morgan fingerprint density at radius 2 is 2.33 bits per heavy atom. The molecule has 2 aromatic rings. The summed E-state index contributed by atoms with van der Waals surface area (Å²) in [6.45, 7) is 5.67. The van der Waals surface area contributed by atoms with Gasteiger partial charge in [0.15, 0.2) is 0 Å². The largest absolute Gasteiger partial charge is 0.347 e. The molecule has 0 aromatic carbocycles. The van der Waals surface area contributed by atoms with Crippen LogP contribution in [0, 0.1) is 0 Å². The molecule has 0 saturated heterocycles. The van der Waals surface area contributed by atoms with Gasteiger partial charge in [-0.2, -0.15) is 10.1 Å². The number of hydrogen-bond acceptors (Lipinski definition) is 4. The molecule has 0 aliphatic carbocycles. The fourth-order valence-corrected chi connectivity index (χ4v) is 1.69. The van der Waals surface area contributed by atoms with Crippen molar-refractivity contribution >= 4 is 23.3 Å². The van der Waals surface area contributed by atoms with E-state index in [1.807, 2.05) is 6.92 Å². The van der Waals surface area contributed by atoms with E-state index in [4.69, 9.17) is 11.6 Å². The molecule has 2 heterocycles. The Balaban J connectivity index is 2.37. The van der Waals surface area contributed by atoms with Crippen LogP contribution in [0.2, 0.25) is 0 Å². The van der Waals surface area contributed by atoms with E-state index in [0.717, 1.165) is 5.69 Å². The van der Waals surface area contributed by atoms with E-state index in [0.29, 0.717) is 22.8 Å². The summed E-state index contributed by atoms with van der Waals surface area (Å²) < 4.78 is 1.56.